The SMILES string of the molecule is COc1ccc(N)cc1CN1CCn2c(nc3ccccc32)C1. The molecule has 0 atom stereocenters. The van der Waals surface area contributed by atoms with Crippen molar-refractivity contribution in [2.45, 2.75) is 19.6 Å². The molecule has 0 radical (unpaired) electrons. The average Bonchev–Trinajstić information content (AvgIpc) is 2.93. The molecule has 0 aliphatic carbocycles. The molecule has 0 spiro atoms. The quantitative estimate of drug-likeness (QED) is 0.756. The first kappa shape index (κ1) is 14.1. The summed E-state index contributed by atoms with van der Waals surface area (Å²) in [5.74, 6) is 2.01. The fraction of sp³-hybridized carbons (Fsp3) is 0.278. The second-order valence-electron chi connectivity index (χ2n) is 5.95. The molecule has 4 rings (SSSR count). The Bertz CT molecular complexity index is 855. The summed E-state index contributed by atoms with van der Waals surface area (Å²) in [6, 6.07) is 14.1. The van der Waals surface area contributed by atoms with Crippen LogP contribution < -0.4 is 10.5 Å². The maximum atomic E-state index is 5.92. The third-order valence-electron chi connectivity index (χ3n) is 4.44. The number of hydrogen-bond donors (Lipinski definition) is 1. The first-order chi connectivity index (χ1) is 11.2. The number of aromatic nitrogens is 2. The molecule has 0 saturated carbocycles. The van der Waals surface area contributed by atoms with Gasteiger partial charge in [0.05, 0.1) is 24.7 Å². The molecule has 23 heavy (non-hydrogen) atoms. The largest absolute Gasteiger partial charge is 0.496 e. The number of rotatable bonds is 3. The number of para-hydroxylation sites is 2. The molecule has 5 nitrogen and oxygen atoms in total. The molecule has 0 bridgehead atoms. The van der Waals surface area contributed by atoms with Gasteiger partial charge in [0, 0.05) is 30.9 Å². The van der Waals surface area contributed by atoms with Gasteiger partial charge in [0.1, 0.15) is 11.6 Å². The van der Waals surface area contributed by atoms with E-state index >= 15 is 0 Å². The zero-order chi connectivity index (χ0) is 15.8. The van der Waals surface area contributed by atoms with Gasteiger partial charge in [-0.15, -0.1) is 0 Å². The number of nitrogens with zero attached hydrogens (tertiary/aromatic N) is 3. The number of methoxy groups -OCH3 is 1. The molecule has 2 N–H and O–H groups in total. The number of imidazole rings is 1. The normalized spacial score (nSPS) is 14.8. The summed E-state index contributed by atoms with van der Waals surface area (Å²) in [4.78, 5) is 7.16. The van der Waals surface area contributed by atoms with Crippen LogP contribution in [0.15, 0.2) is 42.5 Å². The molecule has 1 aliphatic rings. The zero-order valence-corrected chi connectivity index (χ0v) is 13.2. The molecular weight excluding hydrogens is 288 g/mol. The van der Waals surface area contributed by atoms with Crippen LogP contribution in [0.5, 0.6) is 5.75 Å². The third-order valence-corrected chi connectivity index (χ3v) is 4.44. The number of ether oxygens (including phenoxy) is 1. The van der Waals surface area contributed by atoms with Crippen molar-refractivity contribution in [1.29, 1.82) is 0 Å². The van der Waals surface area contributed by atoms with Crippen LogP contribution in [0.25, 0.3) is 11.0 Å². The fourth-order valence-electron chi connectivity index (χ4n) is 3.31. The van der Waals surface area contributed by atoms with Crippen LogP contribution in [0.2, 0.25) is 0 Å². The second kappa shape index (κ2) is 5.59. The van der Waals surface area contributed by atoms with Crippen molar-refractivity contribution in [3.8, 4) is 5.75 Å². The molecular formula is C18H20N4O. The van der Waals surface area contributed by atoms with Gasteiger partial charge in [-0.1, -0.05) is 12.1 Å². The Morgan fingerprint density at radius 3 is 2.91 bits per heavy atom. The van der Waals surface area contributed by atoms with Gasteiger partial charge in [0.25, 0.3) is 0 Å². The highest BCUT2D eigenvalue weighted by atomic mass is 16.5. The van der Waals surface area contributed by atoms with E-state index in [4.69, 9.17) is 15.5 Å². The number of nitrogen functional groups attached to an aromatic ring is 1. The molecule has 3 aromatic rings. The van der Waals surface area contributed by atoms with E-state index in [1.54, 1.807) is 7.11 Å². The molecule has 0 fully saturated rings. The molecule has 0 saturated heterocycles. The van der Waals surface area contributed by atoms with Crippen LogP contribution in [0, 0.1) is 0 Å². The number of fused-ring (bicyclic) bond motifs is 3. The molecule has 2 heterocycles. The number of benzene rings is 2. The van der Waals surface area contributed by atoms with Crippen molar-refractivity contribution in [1.82, 2.24) is 14.5 Å². The lowest BCUT2D eigenvalue weighted by Crippen LogP contribution is -2.33. The first-order valence-electron chi connectivity index (χ1n) is 7.83. The number of nitrogens with two attached hydrogens (primary N) is 1. The van der Waals surface area contributed by atoms with Crippen LogP contribution in [0.4, 0.5) is 5.69 Å². The Hall–Kier alpha value is -2.53. The predicted molar refractivity (Wildman–Crippen MR) is 91.3 cm³/mol. The van der Waals surface area contributed by atoms with E-state index in [2.05, 4.69) is 27.7 Å². The van der Waals surface area contributed by atoms with Crippen LogP contribution in [-0.4, -0.2) is 28.1 Å². The second-order valence-corrected chi connectivity index (χ2v) is 5.95. The summed E-state index contributed by atoms with van der Waals surface area (Å²) in [5, 5.41) is 0. The molecule has 1 aliphatic heterocycles. The van der Waals surface area contributed by atoms with E-state index < -0.39 is 0 Å². The summed E-state index contributed by atoms with van der Waals surface area (Å²) < 4.78 is 7.78. The van der Waals surface area contributed by atoms with Crippen LogP contribution in [-0.2, 0) is 19.6 Å². The van der Waals surface area contributed by atoms with E-state index in [9.17, 15) is 0 Å². The molecule has 0 unspecified atom stereocenters. The Morgan fingerprint density at radius 2 is 2.04 bits per heavy atom. The van der Waals surface area contributed by atoms with Gasteiger partial charge in [-0.2, -0.15) is 0 Å². The highest BCUT2D eigenvalue weighted by Gasteiger charge is 2.20. The van der Waals surface area contributed by atoms with Gasteiger partial charge < -0.3 is 15.0 Å². The van der Waals surface area contributed by atoms with Crippen molar-refractivity contribution in [3.05, 3.63) is 53.9 Å². The Labute approximate surface area is 135 Å². The topological polar surface area (TPSA) is 56.3 Å². The minimum atomic E-state index is 0.769. The summed E-state index contributed by atoms with van der Waals surface area (Å²) in [6.45, 7) is 3.61. The summed E-state index contributed by atoms with van der Waals surface area (Å²) in [5.41, 5.74) is 10.1. The molecule has 0 amide bonds. The first-order valence-corrected chi connectivity index (χ1v) is 7.83. The van der Waals surface area contributed by atoms with Crippen LogP contribution in [0.1, 0.15) is 11.4 Å². The Kier molecular flexibility index (Phi) is 3.42. The highest BCUT2D eigenvalue weighted by Crippen LogP contribution is 2.26. The average molecular weight is 308 g/mol. The van der Waals surface area contributed by atoms with Crippen molar-refractivity contribution in [2.75, 3.05) is 19.4 Å². The van der Waals surface area contributed by atoms with Gasteiger partial charge in [-0.3, -0.25) is 4.90 Å². The number of hydrogen-bond acceptors (Lipinski definition) is 4. The lowest BCUT2D eigenvalue weighted by Gasteiger charge is -2.28. The molecule has 2 aromatic carbocycles. The van der Waals surface area contributed by atoms with Crippen molar-refractivity contribution >= 4 is 16.7 Å². The van der Waals surface area contributed by atoms with Crippen molar-refractivity contribution in [3.63, 3.8) is 0 Å². The van der Waals surface area contributed by atoms with Gasteiger partial charge in [0.2, 0.25) is 0 Å². The minimum Gasteiger partial charge on any atom is -0.496 e. The van der Waals surface area contributed by atoms with Gasteiger partial charge in [0.15, 0.2) is 0 Å². The fourth-order valence-corrected chi connectivity index (χ4v) is 3.31. The molecule has 118 valence electrons. The smallest absolute Gasteiger partial charge is 0.124 e. The van der Waals surface area contributed by atoms with Gasteiger partial charge in [-0.05, 0) is 30.3 Å². The van der Waals surface area contributed by atoms with E-state index in [0.29, 0.717) is 0 Å². The monoisotopic (exact) mass is 308 g/mol. The van der Waals surface area contributed by atoms with E-state index in [0.717, 1.165) is 54.5 Å². The summed E-state index contributed by atoms with van der Waals surface area (Å²) in [6.07, 6.45) is 0. The van der Waals surface area contributed by atoms with E-state index in [-0.39, 0.29) is 0 Å². The minimum absolute atomic E-state index is 0.769. The number of anilines is 1. The van der Waals surface area contributed by atoms with Crippen molar-refractivity contribution < 1.29 is 4.74 Å². The molecule has 5 heteroatoms. The van der Waals surface area contributed by atoms with E-state index in [1.165, 1.54) is 5.52 Å². The third kappa shape index (κ3) is 2.53. The summed E-state index contributed by atoms with van der Waals surface area (Å²) in [7, 11) is 1.70. The maximum absolute atomic E-state index is 5.92. The van der Waals surface area contributed by atoms with Crippen LogP contribution >= 0.6 is 0 Å². The van der Waals surface area contributed by atoms with Gasteiger partial charge in [-0.25, -0.2) is 4.98 Å². The highest BCUT2D eigenvalue weighted by molar-refractivity contribution is 5.76. The van der Waals surface area contributed by atoms with Crippen molar-refractivity contribution in [2.24, 2.45) is 0 Å². The lowest BCUT2D eigenvalue weighted by atomic mass is 10.1. The predicted octanol–water partition coefficient (Wildman–Crippen LogP) is 2.64. The lowest BCUT2D eigenvalue weighted by molar-refractivity contribution is 0.208. The van der Waals surface area contributed by atoms with Crippen LogP contribution in [0.3, 0.4) is 0 Å². The Morgan fingerprint density at radius 1 is 1.17 bits per heavy atom. The standard InChI is InChI=1S/C18H20N4O/c1-23-17-7-6-14(19)10-13(17)11-21-8-9-22-16-5-3-2-4-15(16)20-18(22)12-21/h2-7,10H,8-9,11-12,19H2,1H3. The Balaban J connectivity index is 1.60. The zero-order valence-electron chi connectivity index (χ0n) is 13.2. The van der Waals surface area contributed by atoms with E-state index in [1.807, 2.05) is 24.3 Å². The maximum Gasteiger partial charge on any atom is 0.124 e. The van der Waals surface area contributed by atoms with Gasteiger partial charge >= 0.3 is 0 Å². The summed E-state index contributed by atoms with van der Waals surface area (Å²) >= 11 is 0. The molecule has 1 aromatic heterocycles.